The zero-order valence-corrected chi connectivity index (χ0v) is 39.6. The molecule has 330 valence electrons. The van der Waals surface area contributed by atoms with Gasteiger partial charge >= 0.3 is 0 Å². The van der Waals surface area contributed by atoms with Crippen LogP contribution in [0, 0.1) is 41.5 Å². The fraction of sp³-hybridized carbons (Fsp3) is 0.109. The van der Waals surface area contributed by atoms with Gasteiger partial charge in [0.15, 0.2) is 11.6 Å². The summed E-state index contributed by atoms with van der Waals surface area (Å²) >= 11 is 0. The van der Waals surface area contributed by atoms with Gasteiger partial charge in [0.25, 0.3) is 0 Å². The number of hydrogen-bond donors (Lipinski definition) is 0. The maximum Gasteiger partial charge on any atom is 0.238 e. The van der Waals surface area contributed by atoms with Gasteiger partial charge in [-0.05, 0) is 138 Å². The Morgan fingerprint density at radius 3 is 1.13 bits per heavy atom. The van der Waals surface area contributed by atoms with Crippen molar-refractivity contribution in [3.8, 4) is 56.2 Å². The highest BCUT2D eigenvalue weighted by atomic mass is 15.3. The third kappa shape index (κ3) is 8.89. The molecule has 4 nitrogen and oxygen atoms in total. The van der Waals surface area contributed by atoms with E-state index in [1.807, 2.05) is 24.3 Å². The van der Waals surface area contributed by atoms with Crippen molar-refractivity contribution < 1.29 is 0 Å². The van der Waals surface area contributed by atoms with Gasteiger partial charge in [0.2, 0.25) is 5.95 Å². The van der Waals surface area contributed by atoms with Crippen molar-refractivity contribution in [3.63, 3.8) is 0 Å². The third-order valence-corrected chi connectivity index (χ3v) is 13.1. The predicted molar refractivity (Wildman–Crippen MR) is 284 cm³/mol. The number of aromatic nitrogens is 3. The van der Waals surface area contributed by atoms with Crippen LogP contribution in [0.4, 0.5) is 17.3 Å². The Kier molecular flexibility index (Phi) is 12.2. The van der Waals surface area contributed by atoms with Crippen LogP contribution in [0.25, 0.3) is 56.2 Å². The van der Waals surface area contributed by atoms with E-state index in [2.05, 4.69) is 234 Å². The zero-order valence-electron chi connectivity index (χ0n) is 39.6. The molecule has 0 bridgehead atoms. The Balaban J connectivity index is 1.14. The molecule has 0 unspecified atom stereocenters. The quantitative estimate of drug-likeness (QED) is 0.121. The second-order valence-electron chi connectivity index (χ2n) is 18.0. The van der Waals surface area contributed by atoms with Gasteiger partial charge in [0.1, 0.15) is 0 Å². The fourth-order valence-corrected chi connectivity index (χ4v) is 10.1. The van der Waals surface area contributed by atoms with Crippen LogP contribution in [0.2, 0.25) is 0 Å². The molecule has 0 aliphatic rings. The summed E-state index contributed by atoms with van der Waals surface area (Å²) in [6.45, 7) is 13.4. The Bertz CT molecular complexity index is 3260. The minimum Gasteiger partial charge on any atom is -0.279 e. The molecule has 0 amide bonds. The topological polar surface area (TPSA) is 41.9 Å². The lowest BCUT2D eigenvalue weighted by Gasteiger charge is -2.28. The first-order chi connectivity index (χ1) is 33.2. The van der Waals surface area contributed by atoms with E-state index in [0.29, 0.717) is 17.6 Å². The molecular formula is C64H54N4. The van der Waals surface area contributed by atoms with E-state index in [-0.39, 0.29) is 5.92 Å². The molecule has 10 aromatic rings. The molecule has 0 N–H and O–H groups in total. The largest absolute Gasteiger partial charge is 0.279 e. The molecule has 0 atom stereocenters. The van der Waals surface area contributed by atoms with Gasteiger partial charge in [-0.2, -0.15) is 9.97 Å². The molecule has 0 radical (unpaired) electrons. The van der Waals surface area contributed by atoms with Crippen LogP contribution in [-0.2, 0) is 0 Å². The number of anilines is 3. The van der Waals surface area contributed by atoms with Crippen molar-refractivity contribution in [2.45, 2.75) is 47.5 Å². The van der Waals surface area contributed by atoms with Crippen molar-refractivity contribution in [1.82, 2.24) is 15.0 Å². The Morgan fingerprint density at radius 1 is 0.324 bits per heavy atom. The summed E-state index contributed by atoms with van der Waals surface area (Å²) < 4.78 is 0. The molecule has 0 saturated heterocycles. The second-order valence-corrected chi connectivity index (χ2v) is 18.0. The van der Waals surface area contributed by atoms with Crippen LogP contribution in [0.3, 0.4) is 0 Å². The summed E-state index contributed by atoms with van der Waals surface area (Å²) in [4.78, 5) is 18.0. The summed E-state index contributed by atoms with van der Waals surface area (Å²) in [5.41, 5.74) is 22.3. The summed E-state index contributed by atoms with van der Waals surface area (Å²) in [6.07, 6.45) is 0. The maximum absolute atomic E-state index is 5.34. The molecule has 4 heteroatoms. The smallest absolute Gasteiger partial charge is 0.238 e. The van der Waals surface area contributed by atoms with Crippen molar-refractivity contribution in [1.29, 1.82) is 0 Å². The Labute approximate surface area is 401 Å². The number of aryl methyl sites for hydroxylation is 6. The molecule has 0 spiro atoms. The van der Waals surface area contributed by atoms with Crippen LogP contribution in [0.1, 0.15) is 56.0 Å². The van der Waals surface area contributed by atoms with E-state index in [9.17, 15) is 0 Å². The molecular weight excluding hydrogens is 825 g/mol. The van der Waals surface area contributed by atoms with E-state index in [0.717, 1.165) is 39.2 Å². The average Bonchev–Trinajstić information content (AvgIpc) is 3.37. The van der Waals surface area contributed by atoms with Crippen molar-refractivity contribution in [2.75, 3.05) is 4.90 Å². The lowest BCUT2D eigenvalue weighted by molar-refractivity contribution is 0.919. The number of hydrogen-bond acceptors (Lipinski definition) is 4. The SMILES string of the molecule is Cc1cc(C)c(C(c2ccc(N(c3ccc(-c4ccccc4-c4ccccc4)cc3)c3nc(-c4ccccc4)nc(-c4ccc(-c5ccccc5)cc4)n3)cc2)c2c(C)cc(C)cc2C)c(C)c1. The minimum absolute atomic E-state index is 0.0370. The first-order valence-electron chi connectivity index (χ1n) is 23.5. The normalized spacial score (nSPS) is 11.2. The molecule has 1 aromatic heterocycles. The molecule has 9 aromatic carbocycles. The monoisotopic (exact) mass is 878 g/mol. The van der Waals surface area contributed by atoms with E-state index < -0.39 is 0 Å². The first-order valence-corrected chi connectivity index (χ1v) is 23.5. The molecule has 0 saturated carbocycles. The maximum atomic E-state index is 5.34. The fourth-order valence-electron chi connectivity index (χ4n) is 10.1. The summed E-state index contributed by atoms with van der Waals surface area (Å²) in [6, 6.07) is 75.5. The van der Waals surface area contributed by atoms with Crippen LogP contribution in [-0.4, -0.2) is 15.0 Å². The Hall–Kier alpha value is -8.21. The van der Waals surface area contributed by atoms with E-state index in [1.165, 1.54) is 66.8 Å². The molecule has 0 fully saturated rings. The van der Waals surface area contributed by atoms with Gasteiger partial charge in [-0.3, -0.25) is 4.90 Å². The van der Waals surface area contributed by atoms with Gasteiger partial charge in [-0.15, -0.1) is 0 Å². The predicted octanol–water partition coefficient (Wildman–Crippen LogP) is 16.7. The number of nitrogens with zero attached hydrogens (tertiary/aromatic N) is 4. The molecule has 10 rings (SSSR count). The molecule has 0 aliphatic carbocycles. The van der Waals surface area contributed by atoms with Crippen LogP contribution < -0.4 is 4.90 Å². The van der Waals surface area contributed by atoms with Crippen LogP contribution in [0.5, 0.6) is 0 Å². The van der Waals surface area contributed by atoms with Crippen LogP contribution >= 0.6 is 0 Å². The number of rotatable bonds is 11. The highest BCUT2D eigenvalue weighted by Crippen LogP contribution is 2.43. The van der Waals surface area contributed by atoms with E-state index in [1.54, 1.807) is 0 Å². The van der Waals surface area contributed by atoms with Crippen LogP contribution in [0.15, 0.2) is 212 Å². The molecule has 1 heterocycles. The van der Waals surface area contributed by atoms with Gasteiger partial charge < -0.3 is 0 Å². The van der Waals surface area contributed by atoms with Crippen molar-refractivity contribution in [3.05, 3.63) is 262 Å². The third-order valence-electron chi connectivity index (χ3n) is 13.1. The Morgan fingerprint density at radius 2 is 0.662 bits per heavy atom. The minimum atomic E-state index is 0.0370. The van der Waals surface area contributed by atoms with Gasteiger partial charge in [0, 0.05) is 28.4 Å². The molecule has 0 aliphatic heterocycles. The summed E-state index contributed by atoms with van der Waals surface area (Å²) in [5.74, 6) is 1.76. The zero-order chi connectivity index (χ0) is 46.7. The van der Waals surface area contributed by atoms with E-state index >= 15 is 0 Å². The average molecular weight is 879 g/mol. The number of benzene rings is 9. The van der Waals surface area contributed by atoms with E-state index in [4.69, 9.17) is 15.0 Å². The van der Waals surface area contributed by atoms with Gasteiger partial charge in [-0.1, -0.05) is 199 Å². The first kappa shape index (κ1) is 43.7. The molecule has 68 heavy (non-hydrogen) atoms. The lowest BCUT2D eigenvalue weighted by atomic mass is 9.77. The lowest BCUT2D eigenvalue weighted by Crippen LogP contribution is -2.16. The standard InChI is InChI=1S/C64H54N4/c1-42-38-44(3)59(45(4)39-42)61(60-46(5)40-43(2)41-47(60)6)52-32-36-56(37-33-52)68(55-34-30-51(31-35-55)58-25-17-16-24-57(58)50-20-12-8-13-21-50)64-66-62(53-22-14-9-15-23-53)65-63(67-64)54-28-26-49(27-29-54)48-18-10-7-11-19-48/h7-41,61H,1-6H3. The van der Waals surface area contributed by atoms with Gasteiger partial charge in [0.05, 0.1) is 0 Å². The highest BCUT2D eigenvalue weighted by Gasteiger charge is 2.26. The highest BCUT2D eigenvalue weighted by molar-refractivity contribution is 5.85. The second kappa shape index (κ2) is 18.9. The van der Waals surface area contributed by atoms with Gasteiger partial charge in [-0.25, -0.2) is 4.98 Å². The summed E-state index contributed by atoms with van der Waals surface area (Å²) in [7, 11) is 0. The van der Waals surface area contributed by atoms with Crippen molar-refractivity contribution in [2.24, 2.45) is 0 Å². The van der Waals surface area contributed by atoms with Crippen molar-refractivity contribution >= 4 is 17.3 Å². The summed E-state index contributed by atoms with van der Waals surface area (Å²) in [5, 5.41) is 0.